The molecule has 9 aromatic carbocycles. The van der Waals surface area contributed by atoms with Gasteiger partial charge in [-0.05, 0) is 121 Å². The smallest absolute Gasteiger partial charge is 0.335 e. The van der Waals surface area contributed by atoms with Crippen LogP contribution in [0.5, 0.6) is 0 Å². The van der Waals surface area contributed by atoms with E-state index < -0.39 is 40.2 Å². The molecule has 0 spiro atoms. The molecule has 2 N–H and O–H groups in total. The van der Waals surface area contributed by atoms with Gasteiger partial charge >= 0.3 is 11.9 Å². The molecule has 7 nitrogen and oxygen atoms in total. The first-order valence-electron chi connectivity index (χ1n) is 21.4. The number of hydrogen-bond donors (Lipinski definition) is 2. The highest BCUT2D eigenvalue weighted by Crippen LogP contribution is 2.55. The summed E-state index contributed by atoms with van der Waals surface area (Å²) in [4.78, 5) is 42.4. The van der Waals surface area contributed by atoms with E-state index in [1.54, 1.807) is 0 Å². The van der Waals surface area contributed by atoms with Crippen molar-refractivity contribution in [1.82, 2.24) is 0 Å². The zero-order chi connectivity index (χ0) is 47.1. The van der Waals surface area contributed by atoms with Crippen molar-refractivity contribution in [3.63, 3.8) is 0 Å². The number of hydrogen-bond acceptors (Lipinski definition) is 5. The summed E-state index contributed by atoms with van der Waals surface area (Å²) in [5.41, 5.74) is -0.919. The second-order valence-corrected chi connectivity index (χ2v) is 23.7. The Morgan fingerprint density at radius 3 is 0.672 bits per heavy atom. The first kappa shape index (κ1) is 47.9. The van der Waals surface area contributed by atoms with Gasteiger partial charge in [0.1, 0.15) is 57.0 Å². The maximum absolute atomic E-state index is 10.7. The van der Waals surface area contributed by atoms with Crippen LogP contribution in [0, 0.1) is 0 Å². The highest BCUT2D eigenvalue weighted by atomic mass is 31.2. The Morgan fingerprint density at radius 1 is 0.343 bits per heavy atom. The molecule has 0 aliphatic heterocycles. The highest BCUT2D eigenvalue weighted by Gasteiger charge is 2.48. The van der Waals surface area contributed by atoms with E-state index in [0.29, 0.717) is 0 Å². The minimum absolute atomic E-state index is 0.157. The van der Waals surface area contributed by atoms with Crippen LogP contribution in [0.2, 0.25) is 0 Å². The van der Waals surface area contributed by atoms with Crippen LogP contribution in [0.25, 0.3) is 0 Å². The van der Waals surface area contributed by atoms with Gasteiger partial charge in [-0.1, -0.05) is 153 Å². The number of rotatable bonds is 12. The zero-order valence-corrected chi connectivity index (χ0v) is 39.0. The van der Waals surface area contributed by atoms with Crippen LogP contribution in [0.3, 0.4) is 0 Å². The van der Waals surface area contributed by atoms with E-state index in [2.05, 4.69) is 243 Å². The largest absolute Gasteiger partial charge is 0.810 e. The predicted molar refractivity (Wildman–Crippen MR) is 274 cm³/mol. The number of benzene rings is 9. The quantitative estimate of drug-likeness (QED) is 0.118. The Kier molecular flexibility index (Phi) is 16.0. The Morgan fingerprint density at radius 2 is 0.522 bits per heavy atom. The number of carbonyl (C=O) groups is 2. The molecule has 9 rings (SSSR count). The zero-order valence-electron chi connectivity index (χ0n) is 36.3. The summed E-state index contributed by atoms with van der Waals surface area (Å²) in [6.45, 7) is 0. The van der Waals surface area contributed by atoms with E-state index >= 15 is 0 Å². The topological polar surface area (TPSA) is 138 Å². The van der Waals surface area contributed by atoms with Gasteiger partial charge in [0.05, 0.1) is 11.1 Å². The van der Waals surface area contributed by atoms with Gasteiger partial charge in [0.15, 0.2) is 0 Å². The fourth-order valence-electron chi connectivity index (χ4n) is 8.26. The summed E-state index contributed by atoms with van der Waals surface area (Å²) in [6, 6.07) is 90.4. The summed E-state index contributed by atoms with van der Waals surface area (Å²) < 4.78 is 10.5. The second-order valence-electron chi connectivity index (χ2n) is 15.3. The third kappa shape index (κ3) is 11.3. The Hall–Kier alpha value is -7.07. The van der Waals surface area contributed by atoms with Crippen LogP contribution in [-0.4, -0.2) is 22.2 Å². The van der Waals surface area contributed by atoms with E-state index in [1.165, 1.54) is 42.4 Å². The third-order valence-corrected chi connectivity index (χ3v) is 20.3. The molecule has 0 radical (unpaired) electrons. The van der Waals surface area contributed by atoms with Crippen molar-refractivity contribution in [2.45, 2.75) is 6.16 Å². The van der Waals surface area contributed by atoms with Crippen LogP contribution >= 0.6 is 22.1 Å². The molecule has 0 fully saturated rings. The molecule has 0 aliphatic rings. The van der Waals surface area contributed by atoms with Gasteiger partial charge < -0.3 is 24.6 Å². The summed E-state index contributed by atoms with van der Waals surface area (Å²) >= 11 is 0. The summed E-state index contributed by atoms with van der Waals surface area (Å²) in [7, 11) is -8.68. The average Bonchev–Trinajstić information content (AvgIpc) is 3.37. The molecular formula is C57H47O7P3. The van der Waals surface area contributed by atoms with E-state index in [4.69, 9.17) is 10.2 Å². The molecule has 9 aromatic rings. The van der Waals surface area contributed by atoms with Gasteiger partial charge in [-0.3, -0.25) is 0 Å². The lowest BCUT2D eigenvalue weighted by Gasteiger charge is -2.29. The van der Waals surface area contributed by atoms with Gasteiger partial charge in [0.2, 0.25) is 0 Å². The monoisotopic (exact) mass is 936 g/mol. The number of carboxylic acid groups (broad SMARTS) is 2. The Labute approximate surface area is 392 Å². The number of aromatic carboxylic acids is 2. The predicted octanol–water partition coefficient (Wildman–Crippen LogP) is 8.11. The molecule has 0 aromatic heterocycles. The minimum atomic E-state index is -4.87. The molecule has 332 valence electrons. The van der Waals surface area contributed by atoms with Crippen molar-refractivity contribution in [3.05, 3.63) is 278 Å². The first-order chi connectivity index (χ1) is 32.5. The lowest BCUT2D eigenvalue weighted by Crippen LogP contribution is -2.38. The Balaban J connectivity index is 0.000000153. The molecule has 0 heterocycles. The fraction of sp³-hybridized carbons (Fsp3) is 0.0175. The average molecular weight is 937 g/mol. The van der Waals surface area contributed by atoms with Crippen molar-refractivity contribution in [2.24, 2.45) is 0 Å². The van der Waals surface area contributed by atoms with Crippen molar-refractivity contribution < 1.29 is 34.2 Å². The molecule has 0 bridgehead atoms. The maximum atomic E-state index is 10.7. The maximum Gasteiger partial charge on any atom is 0.335 e. The number of carboxylic acids is 2. The molecule has 0 saturated heterocycles. The van der Waals surface area contributed by atoms with Crippen molar-refractivity contribution in [2.75, 3.05) is 0 Å². The molecule has 67 heavy (non-hydrogen) atoms. The van der Waals surface area contributed by atoms with Crippen LogP contribution in [0.1, 0.15) is 26.3 Å². The third-order valence-electron chi connectivity index (χ3n) is 11.0. The van der Waals surface area contributed by atoms with Gasteiger partial charge in [0, 0.05) is 6.16 Å². The fourth-order valence-corrected chi connectivity index (χ4v) is 17.4. The summed E-state index contributed by atoms with van der Waals surface area (Å²) in [6.07, 6.45) is -0.922. The SMILES string of the molecule is O=C(O)c1cc(CP(=O)([O-])[O-])cc(C(=O)O)c1.c1ccc([P+](c2ccccc2)(c2ccccc2)c2ccccc2)cc1.c1ccc([P+](c2ccccc2)(c2ccccc2)c2ccccc2)cc1. The first-order valence-corrected chi connectivity index (χ1v) is 26.7. The van der Waals surface area contributed by atoms with E-state index in [0.717, 1.165) is 18.2 Å². The van der Waals surface area contributed by atoms with E-state index in [-0.39, 0.29) is 16.7 Å². The molecule has 0 amide bonds. The van der Waals surface area contributed by atoms with Crippen LogP contribution < -0.4 is 52.2 Å². The standard InChI is InChI=1S/2C24H20P.C9H9O7P/c2*1-5-13-21(14-6-1)25(22-15-7-2-8-16-22,23-17-9-3-10-18-23)24-19-11-4-12-20-24;10-8(11)6-1-5(4-17(14,15)16)2-7(3-6)9(12)13/h2*1-20H;1-3H,4H2,(H,10,11)(H,12,13)(H2,14,15,16)/q2*+1;/p-2. The van der Waals surface area contributed by atoms with Gasteiger partial charge in [-0.25, -0.2) is 9.59 Å². The highest BCUT2D eigenvalue weighted by molar-refractivity contribution is 8.02. The molecule has 0 saturated carbocycles. The molecular weight excluding hydrogens is 890 g/mol. The normalized spacial score (nSPS) is 11.2. The van der Waals surface area contributed by atoms with Crippen LogP contribution in [0.4, 0.5) is 0 Å². The molecule has 10 heteroatoms. The van der Waals surface area contributed by atoms with Crippen molar-refractivity contribution in [3.8, 4) is 0 Å². The van der Waals surface area contributed by atoms with E-state index in [1.807, 2.05) is 0 Å². The molecule has 0 atom stereocenters. The lowest BCUT2D eigenvalue weighted by molar-refractivity contribution is -0.314. The van der Waals surface area contributed by atoms with Crippen molar-refractivity contribution in [1.29, 1.82) is 0 Å². The van der Waals surface area contributed by atoms with Crippen LogP contribution in [0.15, 0.2) is 261 Å². The summed E-state index contributed by atoms with van der Waals surface area (Å²) in [5, 5.41) is 28.5. The summed E-state index contributed by atoms with van der Waals surface area (Å²) in [5.74, 6) is -2.80. The second kappa shape index (κ2) is 22.4. The molecule has 0 aliphatic carbocycles. The van der Waals surface area contributed by atoms with Gasteiger partial charge in [-0.15, -0.1) is 0 Å². The molecule has 0 unspecified atom stereocenters. The minimum Gasteiger partial charge on any atom is -0.810 e. The van der Waals surface area contributed by atoms with Gasteiger partial charge in [-0.2, -0.15) is 0 Å². The Bertz CT molecular complexity index is 2490. The van der Waals surface area contributed by atoms with E-state index in [9.17, 15) is 23.9 Å². The lowest BCUT2D eigenvalue weighted by atomic mass is 10.1. The van der Waals surface area contributed by atoms with Crippen molar-refractivity contribution >= 4 is 76.5 Å². The van der Waals surface area contributed by atoms with Gasteiger partial charge in [0.25, 0.3) is 0 Å². The van der Waals surface area contributed by atoms with Crippen LogP contribution in [-0.2, 0) is 10.7 Å².